The van der Waals surface area contributed by atoms with Gasteiger partial charge in [0.15, 0.2) is 0 Å². The van der Waals surface area contributed by atoms with Crippen LogP contribution in [0.5, 0.6) is 0 Å². The van der Waals surface area contributed by atoms with Gasteiger partial charge in [0.25, 0.3) is 0 Å². The molecule has 2 atom stereocenters. The molecule has 4 heteroatoms. The molecule has 0 spiro atoms. The Morgan fingerprint density at radius 2 is 2.21 bits per heavy atom. The summed E-state index contributed by atoms with van der Waals surface area (Å²) in [5, 5.41) is 0. The first-order valence-corrected chi connectivity index (χ1v) is 5.07. The number of likely N-dealkylation sites (tertiary alicyclic amines) is 1. The standard InChI is InChI=1S/C10H18N2O2/c1-9(2,3)14-8(13)12-5-7-4-10(7,11)6-12/h7H,4-6,11H2,1-3H3/t7?,10-/m0/s1. The van der Waals surface area contributed by atoms with Crippen LogP contribution in [0.1, 0.15) is 27.2 Å². The van der Waals surface area contributed by atoms with E-state index >= 15 is 0 Å². The minimum atomic E-state index is -0.411. The van der Waals surface area contributed by atoms with E-state index in [2.05, 4.69) is 0 Å². The first-order valence-electron chi connectivity index (χ1n) is 5.07. The summed E-state index contributed by atoms with van der Waals surface area (Å²) in [4.78, 5) is 13.3. The number of rotatable bonds is 0. The summed E-state index contributed by atoms with van der Waals surface area (Å²) >= 11 is 0. The quantitative estimate of drug-likeness (QED) is 0.630. The zero-order valence-corrected chi connectivity index (χ0v) is 9.04. The van der Waals surface area contributed by atoms with Crippen LogP contribution in [0.3, 0.4) is 0 Å². The Morgan fingerprint density at radius 1 is 1.57 bits per heavy atom. The minimum Gasteiger partial charge on any atom is -0.444 e. The van der Waals surface area contributed by atoms with Gasteiger partial charge in [-0.15, -0.1) is 0 Å². The molecule has 1 heterocycles. The maximum absolute atomic E-state index is 11.6. The predicted octanol–water partition coefficient (Wildman–Crippen LogP) is 0.955. The fourth-order valence-electron chi connectivity index (χ4n) is 1.99. The molecule has 0 aromatic rings. The van der Waals surface area contributed by atoms with Gasteiger partial charge in [-0.25, -0.2) is 4.79 Å². The Hall–Kier alpha value is -0.770. The van der Waals surface area contributed by atoms with Crippen molar-refractivity contribution in [3.05, 3.63) is 0 Å². The molecule has 2 rings (SSSR count). The highest BCUT2D eigenvalue weighted by molar-refractivity contribution is 5.69. The molecule has 2 aliphatic rings. The fourth-order valence-corrected chi connectivity index (χ4v) is 1.99. The van der Waals surface area contributed by atoms with Gasteiger partial charge in [-0.1, -0.05) is 0 Å². The maximum Gasteiger partial charge on any atom is 0.410 e. The summed E-state index contributed by atoms with van der Waals surface area (Å²) in [6.45, 7) is 7.05. The number of nitrogens with two attached hydrogens (primary N) is 1. The van der Waals surface area contributed by atoms with Gasteiger partial charge in [0, 0.05) is 18.6 Å². The number of fused-ring (bicyclic) bond motifs is 1. The molecular weight excluding hydrogens is 180 g/mol. The van der Waals surface area contributed by atoms with Crippen LogP contribution >= 0.6 is 0 Å². The Balaban J connectivity index is 1.89. The third-order valence-corrected chi connectivity index (χ3v) is 2.86. The number of piperidine rings is 1. The van der Waals surface area contributed by atoms with Crippen molar-refractivity contribution in [1.82, 2.24) is 4.90 Å². The first kappa shape index (κ1) is 9.77. The molecule has 1 amide bonds. The molecule has 1 unspecified atom stereocenters. The molecule has 1 aliphatic heterocycles. The largest absolute Gasteiger partial charge is 0.444 e. The summed E-state index contributed by atoms with van der Waals surface area (Å²) < 4.78 is 5.27. The lowest BCUT2D eigenvalue weighted by Crippen LogP contribution is -2.40. The van der Waals surface area contributed by atoms with Crippen LogP contribution in [-0.2, 0) is 4.74 Å². The van der Waals surface area contributed by atoms with Crippen LogP contribution in [0.2, 0.25) is 0 Å². The zero-order valence-electron chi connectivity index (χ0n) is 9.04. The monoisotopic (exact) mass is 198 g/mol. The average Bonchev–Trinajstić information content (AvgIpc) is 2.47. The van der Waals surface area contributed by atoms with E-state index in [9.17, 15) is 4.79 Å². The highest BCUT2D eigenvalue weighted by Crippen LogP contribution is 2.47. The molecule has 0 bridgehead atoms. The highest BCUT2D eigenvalue weighted by atomic mass is 16.6. The molecule has 4 nitrogen and oxygen atoms in total. The van der Waals surface area contributed by atoms with Crippen molar-refractivity contribution in [3.63, 3.8) is 0 Å². The average molecular weight is 198 g/mol. The summed E-state index contributed by atoms with van der Waals surface area (Å²) in [6, 6.07) is 0. The van der Waals surface area contributed by atoms with Gasteiger partial charge in [-0.3, -0.25) is 0 Å². The lowest BCUT2D eigenvalue weighted by atomic mass is 10.2. The SMILES string of the molecule is CC(C)(C)OC(=O)N1CC2C[C@]2(N)C1. The highest BCUT2D eigenvalue weighted by Gasteiger charge is 2.58. The molecule has 0 aromatic heterocycles. The number of ether oxygens (including phenoxy) is 1. The molecule has 1 saturated carbocycles. The molecule has 2 fully saturated rings. The molecule has 0 radical (unpaired) electrons. The van der Waals surface area contributed by atoms with Crippen LogP contribution in [0.4, 0.5) is 4.79 Å². The zero-order chi connectivity index (χ0) is 10.6. The van der Waals surface area contributed by atoms with E-state index in [1.54, 1.807) is 4.90 Å². The van der Waals surface area contributed by atoms with Crippen LogP contribution in [0.15, 0.2) is 0 Å². The number of amides is 1. The summed E-state index contributed by atoms with van der Waals surface area (Å²) in [7, 11) is 0. The lowest BCUT2D eigenvalue weighted by molar-refractivity contribution is 0.0271. The summed E-state index contributed by atoms with van der Waals surface area (Å²) in [6.07, 6.45) is 0.835. The fraction of sp³-hybridized carbons (Fsp3) is 0.900. The van der Waals surface area contributed by atoms with Gasteiger partial charge in [-0.05, 0) is 33.1 Å². The van der Waals surface area contributed by atoms with Gasteiger partial charge in [0.2, 0.25) is 0 Å². The number of carbonyl (C=O) groups is 1. The van der Waals surface area contributed by atoms with Crippen molar-refractivity contribution in [2.24, 2.45) is 11.7 Å². The maximum atomic E-state index is 11.6. The second-order valence-electron chi connectivity index (χ2n) is 5.50. The molecule has 2 N–H and O–H groups in total. The van der Waals surface area contributed by atoms with Crippen LogP contribution < -0.4 is 5.73 Å². The molecule has 0 aromatic carbocycles. The third-order valence-electron chi connectivity index (χ3n) is 2.86. The molecule has 80 valence electrons. The second-order valence-corrected chi connectivity index (χ2v) is 5.50. The molecular formula is C10H18N2O2. The smallest absolute Gasteiger partial charge is 0.410 e. The van der Waals surface area contributed by atoms with Crippen molar-refractivity contribution < 1.29 is 9.53 Å². The van der Waals surface area contributed by atoms with Crippen LogP contribution in [0, 0.1) is 5.92 Å². The van der Waals surface area contributed by atoms with Crippen molar-refractivity contribution in [3.8, 4) is 0 Å². The van der Waals surface area contributed by atoms with E-state index < -0.39 is 5.60 Å². The minimum absolute atomic E-state index is 0.0864. The Kier molecular flexibility index (Phi) is 1.83. The Labute approximate surface area is 84.4 Å². The van der Waals surface area contributed by atoms with Crippen molar-refractivity contribution in [2.75, 3.05) is 13.1 Å². The van der Waals surface area contributed by atoms with E-state index in [0.717, 1.165) is 13.0 Å². The molecule has 1 saturated heterocycles. The summed E-state index contributed by atoms with van der Waals surface area (Å²) in [5.41, 5.74) is 5.50. The van der Waals surface area contributed by atoms with Crippen molar-refractivity contribution in [1.29, 1.82) is 0 Å². The van der Waals surface area contributed by atoms with Crippen LogP contribution in [-0.4, -0.2) is 35.2 Å². The lowest BCUT2D eigenvalue weighted by Gasteiger charge is -2.25. The predicted molar refractivity (Wildman–Crippen MR) is 52.8 cm³/mol. The van der Waals surface area contributed by atoms with Gasteiger partial charge >= 0.3 is 6.09 Å². The molecule has 1 aliphatic carbocycles. The van der Waals surface area contributed by atoms with Gasteiger partial charge < -0.3 is 15.4 Å². The van der Waals surface area contributed by atoms with E-state index in [-0.39, 0.29) is 11.6 Å². The molecule has 14 heavy (non-hydrogen) atoms. The normalized spacial score (nSPS) is 35.4. The van der Waals surface area contributed by atoms with E-state index in [4.69, 9.17) is 10.5 Å². The number of hydrogen-bond donors (Lipinski definition) is 1. The van der Waals surface area contributed by atoms with E-state index in [1.165, 1.54) is 0 Å². The van der Waals surface area contributed by atoms with Gasteiger partial charge in [0.1, 0.15) is 5.60 Å². The van der Waals surface area contributed by atoms with Gasteiger partial charge in [-0.2, -0.15) is 0 Å². The van der Waals surface area contributed by atoms with E-state index in [1.807, 2.05) is 20.8 Å². The van der Waals surface area contributed by atoms with Gasteiger partial charge in [0.05, 0.1) is 0 Å². The van der Waals surface area contributed by atoms with Crippen molar-refractivity contribution in [2.45, 2.75) is 38.3 Å². The third kappa shape index (κ3) is 1.71. The van der Waals surface area contributed by atoms with E-state index in [0.29, 0.717) is 12.5 Å². The topological polar surface area (TPSA) is 55.6 Å². The number of hydrogen-bond acceptors (Lipinski definition) is 3. The number of nitrogens with zero attached hydrogens (tertiary/aromatic N) is 1. The van der Waals surface area contributed by atoms with Crippen molar-refractivity contribution >= 4 is 6.09 Å². The Bertz CT molecular complexity index is 272. The Morgan fingerprint density at radius 3 is 2.64 bits per heavy atom. The number of carbonyl (C=O) groups excluding carboxylic acids is 1. The first-order chi connectivity index (χ1) is 6.30. The van der Waals surface area contributed by atoms with Crippen LogP contribution in [0.25, 0.3) is 0 Å². The second kappa shape index (κ2) is 2.63. The summed E-state index contributed by atoms with van der Waals surface area (Å²) in [5.74, 6) is 0.509.